The highest BCUT2D eigenvalue weighted by atomic mass is 15.2. The van der Waals surface area contributed by atoms with Gasteiger partial charge in [-0.2, -0.15) is 0 Å². The number of rotatable bonds is 7. The monoisotopic (exact) mass is 272 g/mol. The SMILES string of the molecule is C=CCN(Cc1ccccc1CNC1CC1)C(C)(C)C. The van der Waals surface area contributed by atoms with E-state index in [1.165, 1.54) is 24.0 Å². The number of hydrogen-bond donors (Lipinski definition) is 1. The first-order chi connectivity index (χ1) is 9.50. The highest BCUT2D eigenvalue weighted by molar-refractivity contribution is 5.27. The summed E-state index contributed by atoms with van der Waals surface area (Å²) in [7, 11) is 0. The number of hydrogen-bond acceptors (Lipinski definition) is 2. The van der Waals surface area contributed by atoms with Gasteiger partial charge in [-0.3, -0.25) is 4.90 Å². The van der Waals surface area contributed by atoms with E-state index in [0.717, 1.165) is 25.7 Å². The van der Waals surface area contributed by atoms with Crippen molar-refractivity contribution >= 4 is 0 Å². The lowest BCUT2D eigenvalue weighted by atomic mass is 10.0. The molecule has 0 radical (unpaired) electrons. The van der Waals surface area contributed by atoms with Crippen molar-refractivity contribution in [3.05, 3.63) is 48.0 Å². The summed E-state index contributed by atoms with van der Waals surface area (Å²) in [6.45, 7) is 13.6. The molecule has 1 saturated carbocycles. The van der Waals surface area contributed by atoms with Crippen LogP contribution >= 0.6 is 0 Å². The fourth-order valence-corrected chi connectivity index (χ4v) is 2.36. The van der Waals surface area contributed by atoms with Crippen molar-refractivity contribution in [2.75, 3.05) is 6.54 Å². The summed E-state index contributed by atoms with van der Waals surface area (Å²) in [5.74, 6) is 0. The van der Waals surface area contributed by atoms with E-state index in [-0.39, 0.29) is 5.54 Å². The zero-order valence-corrected chi connectivity index (χ0v) is 13.2. The van der Waals surface area contributed by atoms with Crippen LogP contribution in [0.15, 0.2) is 36.9 Å². The van der Waals surface area contributed by atoms with Gasteiger partial charge in [-0.15, -0.1) is 6.58 Å². The van der Waals surface area contributed by atoms with Crippen LogP contribution in [0.4, 0.5) is 0 Å². The van der Waals surface area contributed by atoms with Gasteiger partial charge in [0.25, 0.3) is 0 Å². The summed E-state index contributed by atoms with van der Waals surface area (Å²) in [4.78, 5) is 2.47. The Balaban J connectivity index is 2.07. The Morgan fingerprint density at radius 3 is 2.45 bits per heavy atom. The Labute approximate surface area is 123 Å². The molecule has 110 valence electrons. The van der Waals surface area contributed by atoms with Gasteiger partial charge < -0.3 is 5.32 Å². The predicted octanol–water partition coefficient (Wildman–Crippen LogP) is 3.73. The average molecular weight is 272 g/mol. The third-order valence-electron chi connectivity index (χ3n) is 3.94. The van der Waals surface area contributed by atoms with Crippen LogP contribution in [0.1, 0.15) is 44.7 Å². The summed E-state index contributed by atoms with van der Waals surface area (Å²) in [5.41, 5.74) is 3.01. The third kappa shape index (κ3) is 4.46. The van der Waals surface area contributed by atoms with Crippen molar-refractivity contribution in [1.29, 1.82) is 0 Å². The van der Waals surface area contributed by atoms with E-state index >= 15 is 0 Å². The van der Waals surface area contributed by atoms with Crippen molar-refractivity contribution < 1.29 is 0 Å². The smallest absolute Gasteiger partial charge is 0.0245 e. The van der Waals surface area contributed by atoms with Gasteiger partial charge in [-0.25, -0.2) is 0 Å². The van der Waals surface area contributed by atoms with Crippen LogP contribution in [0.3, 0.4) is 0 Å². The first kappa shape index (κ1) is 15.3. The second kappa shape index (κ2) is 6.55. The Hall–Kier alpha value is -1.12. The normalized spacial score (nSPS) is 15.6. The molecule has 2 rings (SSSR count). The minimum absolute atomic E-state index is 0.158. The Kier molecular flexibility index (Phi) is 5.00. The highest BCUT2D eigenvalue weighted by Crippen LogP contribution is 2.22. The van der Waals surface area contributed by atoms with E-state index in [1.807, 2.05) is 6.08 Å². The summed E-state index contributed by atoms with van der Waals surface area (Å²) in [6, 6.07) is 9.55. The third-order valence-corrected chi connectivity index (χ3v) is 3.94. The molecule has 0 bridgehead atoms. The molecule has 2 heteroatoms. The van der Waals surface area contributed by atoms with Crippen molar-refractivity contribution in [3.8, 4) is 0 Å². The molecule has 1 aliphatic rings. The van der Waals surface area contributed by atoms with Gasteiger partial charge in [0, 0.05) is 31.2 Å². The molecule has 0 spiro atoms. The van der Waals surface area contributed by atoms with Gasteiger partial charge in [0.05, 0.1) is 0 Å². The molecule has 1 N–H and O–H groups in total. The Bertz CT molecular complexity index is 441. The fraction of sp³-hybridized carbons (Fsp3) is 0.556. The van der Waals surface area contributed by atoms with Crippen LogP contribution in [-0.4, -0.2) is 23.0 Å². The summed E-state index contributed by atoms with van der Waals surface area (Å²) in [5, 5.41) is 3.62. The molecule has 0 amide bonds. The molecule has 1 aromatic rings. The standard InChI is InChI=1S/C18H28N2/c1-5-12-20(18(2,3)4)14-16-9-7-6-8-15(16)13-19-17-10-11-17/h5-9,17,19H,1,10-14H2,2-4H3. The van der Waals surface area contributed by atoms with E-state index in [4.69, 9.17) is 0 Å². The molecule has 0 aliphatic heterocycles. The quantitative estimate of drug-likeness (QED) is 0.761. The van der Waals surface area contributed by atoms with Gasteiger partial charge in [-0.1, -0.05) is 30.3 Å². The second-order valence-corrected chi connectivity index (χ2v) is 6.76. The lowest BCUT2D eigenvalue weighted by molar-refractivity contribution is 0.145. The maximum Gasteiger partial charge on any atom is 0.0245 e. The Morgan fingerprint density at radius 2 is 1.90 bits per heavy atom. The molecule has 0 saturated heterocycles. The molecule has 0 atom stereocenters. The first-order valence-electron chi connectivity index (χ1n) is 7.67. The molecule has 1 fully saturated rings. The molecule has 20 heavy (non-hydrogen) atoms. The summed E-state index contributed by atoms with van der Waals surface area (Å²) in [6.07, 6.45) is 4.68. The van der Waals surface area contributed by atoms with Crippen molar-refractivity contribution in [2.24, 2.45) is 0 Å². The van der Waals surface area contributed by atoms with E-state index in [0.29, 0.717) is 0 Å². The van der Waals surface area contributed by atoms with E-state index in [9.17, 15) is 0 Å². The van der Waals surface area contributed by atoms with Crippen molar-refractivity contribution in [2.45, 2.75) is 58.3 Å². The number of nitrogens with one attached hydrogen (secondary N) is 1. The van der Waals surface area contributed by atoms with Gasteiger partial charge >= 0.3 is 0 Å². The lowest BCUT2D eigenvalue weighted by Gasteiger charge is -2.35. The number of nitrogens with zero attached hydrogens (tertiary/aromatic N) is 1. The topological polar surface area (TPSA) is 15.3 Å². The largest absolute Gasteiger partial charge is 0.310 e. The van der Waals surface area contributed by atoms with Crippen molar-refractivity contribution in [3.63, 3.8) is 0 Å². The predicted molar refractivity (Wildman–Crippen MR) is 86.7 cm³/mol. The molecule has 1 aliphatic carbocycles. The molecule has 0 aromatic heterocycles. The van der Waals surface area contributed by atoms with Crippen LogP contribution < -0.4 is 5.32 Å². The zero-order chi connectivity index (χ0) is 14.6. The van der Waals surface area contributed by atoms with Gasteiger partial charge in [0.1, 0.15) is 0 Å². The van der Waals surface area contributed by atoms with Crippen LogP contribution in [-0.2, 0) is 13.1 Å². The van der Waals surface area contributed by atoms with E-state index in [2.05, 4.69) is 61.8 Å². The van der Waals surface area contributed by atoms with E-state index < -0.39 is 0 Å². The molecule has 0 heterocycles. The molecule has 0 unspecified atom stereocenters. The van der Waals surface area contributed by atoms with Crippen LogP contribution in [0.2, 0.25) is 0 Å². The van der Waals surface area contributed by atoms with Gasteiger partial charge in [0.15, 0.2) is 0 Å². The molecule has 1 aromatic carbocycles. The molecule has 2 nitrogen and oxygen atoms in total. The molecular formula is C18H28N2. The van der Waals surface area contributed by atoms with Crippen LogP contribution in [0.25, 0.3) is 0 Å². The number of benzene rings is 1. The van der Waals surface area contributed by atoms with Crippen LogP contribution in [0, 0.1) is 0 Å². The first-order valence-corrected chi connectivity index (χ1v) is 7.67. The minimum Gasteiger partial charge on any atom is -0.310 e. The average Bonchev–Trinajstić information content (AvgIpc) is 3.20. The Morgan fingerprint density at radius 1 is 1.25 bits per heavy atom. The minimum atomic E-state index is 0.158. The zero-order valence-electron chi connectivity index (χ0n) is 13.2. The second-order valence-electron chi connectivity index (χ2n) is 6.76. The van der Waals surface area contributed by atoms with Crippen molar-refractivity contribution in [1.82, 2.24) is 10.2 Å². The molecular weight excluding hydrogens is 244 g/mol. The maximum atomic E-state index is 3.89. The van der Waals surface area contributed by atoms with Crippen LogP contribution in [0.5, 0.6) is 0 Å². The van der Waals surface area contributed by atoms with Gasteiger partial charge in [-0.05, 0) is 44.7 Å². The van der Waals surface area contributed by atoms with Gasteiger partial charge in [0.2, 0.25) is 0 Å². The summed E-state index contributed by atoms with van der Waals surface area (Å²) < 4.78 is 0. The fourth-order valence-electron chi connectivity index (χ4n) is 2.36. The highest BCUT2D eigenvalue weighted by Gasteiger charge is 2.22. The maximum absolute atomic E-state index is 3.89. The lowest BCUT2D eigenvalue weighted by Crippen LogP contribution is -2.41. The van der Waals surface area contributed by atoms with E-state index in [1.54, 1.807) is 0 Å². The summed E-state index contributed by atoms with van der Waals surface area (Å²) >= 11 is 0.